The average Bonchev–Trinajstić information content (AvgIpc) is 2.62. The largest absolute Gasteiger partial charge is 0.497 e. The molecule has 0 saturated carbocycles. The Bertz CT molecular complexity index is 614. The van der Waals surface area contributed by atoms with Gasteiger partial charge in [0.15, 0.2) is 0 Å². The third-order valence-corrected chi connectivity index (χ3v) is 3.67. The zero-order valence-electron chi connectivity index (χ0n) is 13.9. The van der Waals surface area contributed by atoms with Crippen LogP contribution in [0.15, 0.2) is 54.6 Å². The Kier molecular flexibility index (Phi) is 7.26. The zero-order chi connectivity index (χ0) is 17.2. The minimum Gasteiger partial charge on any atom is -0.497 e. The Balaban J connectivity index is 1.60. The molecule has 0 saturated heterocycles. The van der Waals surface area contributed by atoms with E-state index in [9.17, 15) is 9.90 Å². The second-order valence-electron chi connectivity index (χ2n) is 5.51. The van der Waals surface area contributed by atoms with Crippen molar-refractivity contribution in [2.45, 2.75) is 12.5 Å². The molecule has 0 aliphatic carbocycles. The lowest BCUT2D eigenvalue weighted by atomic mass is 10.1. The summed E-state index contributed by atoms with van der Waals surface area (Å²) in [5, 5.41) is 16.0. The fourth-order valence-corrected chi connectivity index (χ4v) is 2.31. The van der Waals surface area contributed by atoms with Crippen molar-refractivity contribution in [1.82, 2.24) is 10.6 Å². The Morgan fingerprint density at radius 2 is 1.79 bits per heavy atom. The number of amides is 1. The summed E-state index contributed by atoms with van der Waals surface area (Å²) < 4.78 is 5.09. The number of ether oxygens (including phenoxy) is 1. The molecule has 5 nitrogen and oxygen atoms in total. The summed E-state index contributed by atoms with van der Waals surface area (Å²) in [7, 11) is 1.61. The summed E-state index contributed by atoms with van der Waals surface area (Å²) >= 11 is 0. The minimum absolute atomic E-state index is 0.0226. The lowest BCUT2D eigenvalue weighted by Gasteiger charge is -2.12. The molecule has 0 bridgehead atoms. The van der Waals surface area contributed by atoms with Crippen LogP contribution in [0.1, 0.15) is 17.2 Å². The number of aliphatic hydroxyl groups excluding tert-OH is 1. The maximum absolute atomic E-state index is 11.9. The predicted octanol–water partition coefficient (Wildman–Crippen LogP) is 1.68. The standard InChI is InChI=1S/C19H24N2O3/c1-24-17-9-7-15(8-10-17)13-19(23)21-12-11-20-14-18(22)16-5-3-2-4-6-16/h2-10,18,20,22H,11-14H2,1H3,(H,21,23). The van der Waals surface area contributed by atoms with E-state index in [1.165, 1.54) is 0 Å². The number of benzene rings is 2. The van der Waals surface area contributed by atoms with Gasteiger partial charge in [-0.25, -0.2) is 0 Å². The Morgan fingerprint density at radius 3 is 2.46 bits per heavy atom. The first kappa shape index (κ1) is 18.0. The molecular formula is C19H24N2O3. The van der Waals surface area contributed by atoms with Gasteiger partial charge >= 0.3 is 0 Å². The first-order valence-electron chi connectivity index (χ1n) is 8.02. The average molecular weight is 328 g/mol. The minimum atomic E-state index is -0.541. The Morgan fingerprint density at radius 1 is 1.08 bits per heavy atom. The van der Waals surface area contributed by atoms with Gasteiger partial charge < -0.3 is 20.5 Å². The normalized spacial score (nSPS) is 11.8. The summed E-state index contributed by atoms with van der Waals surface area (Å²) in [5.41, 5.74) is 1.83. The quantitative estimate of drug-likeness (QED) is 0.613. The van der Waals surface area contributed by atoms with E-state index in [-0.39, 0.29) is 5.91 Å². The molecule has 2 rings (SSSR count). The number of methoxy groups -OCH3 is 1. The van der Waals surface area contributed by atoms with Crippen molar-refractivity contribution in [3.05, 3.63) is 65.7 Å². The molecule has 0 aliphatic rings. The highest BCUT2D eigenvalue weighted by Crippen LogP contribution is 2.11. The molecule has 0 heterocycles. The first-order valence-corrected chi connectivity index (χ1v) is 8.02. The molecule has 1 atom stereocenters. The van der Waals surface area contributed by atoms with Crippen LogP contribution in [0.25, 0.3) is 0 Å². The predicted molar refractivity (Wildman–Crippen MR) is 94.0 cm³/mol. The zero-order valence-corrected chi connectivity index (χ0v) is 13.9. The second kappa shape index (κ2) is 9.70. The van der Waals surface area contributed by atoms with Crippen molar-refractivity contribution >= 4 is 5.91 Å². The number of aliphatic hydroxyl groups is 1. The molecule has 0 aromatic heterocycles. The van der Waals surface area contributed by atoms with E-state index in [1.807, 2.05) is 54.6 Å². The van der Waals surface area contributed by atoms with Crippen LogP contribution in [0.3, 0.4) is 0 Å². The van der Waals surface area contributed by atoms with Gasteiger partial charge in [-0.2, -0.15) is 0 Å². The molecule has 0 aliphatic heterocycles. The van der Waals surface area contributed by atoms with Gasteiger partial charge in [0.2, 0.25) is 5.91 Å². The van der Waals surface area contributed by atoms with Crippen molar-refractivity contribution in [2.75, 3.05) is 26.7 Å². The second-order valence-corrected chi connectivity index (χ2v) is 5.51. The van der Waals surface area contributed by atoms with Crippen LogP contribution >= 0.6 is 0 Å². The van der Waals surface area contributed by atoms with Crippen LogP contribution in [0.4, 0.5) is 0 Å². The molecule has 2 aromatic carbocycles. The molecule has 1 amide bonds. The van der Waals surface area contributed by atoms with Crippen molar-refractivity contribution in [2.24, 2.45) is 0 Å². The summed E-state index contributed by atoms with van der Waals surface area (Å²) in [6, 6.07) is 17.0. The highest BCUT2D eigenvalue weighted by Gasteiger charge is 2.06. The Hall–Kier alpha value is -2.37. The van der Waals surface area contributed by atoms with Gasteiger partial charge in [0.1, 0.15) is 5.75 Å². The van der Waals surface area contributed by atoms with Crippen LogP contribution < -0.4 is 15.4 Å². The fraction of sp³-hybridized carbons (Fsp3) is 0.316. The molecule has 5 heteroatoms. The van der Waals surface area contributed by atoms with E-state index >= 15 is 0 Å². The third-order valence-electron chi connectivity index (χ3n) is 3.67. The molecule has 0 radical (unpaired) electrons. The maximum atomic E-state index is 11.9. The lowest BCUT2D eigenvalue weighted by Crippen LogP contribution is -2.34. The van der Waals surface area contributed by atoms with Crippen LogP contribution in [0, 0.1) is 0 Å². The van der Waals surface area contributed by atoms with E-state index < -0.39 is 6.10 Å². The molecule has 24 heavy (non-hydrogen) atoms. The molecule has 128 valence electrons. The Labute approximate surface area is 142 Å². The molecular weight excluding hydrogens is 304 g/mol. The van der Waals surface area contributed by atoms with Crippen molar-refractivity contribution in [3.63, 3.8) is 0 Å². The van der Waals surface area contributed by atoms with Gasteiger partial charge in [0, 0.05) is 19.6 Å². The number of carbonyl (C=O) groups is 1. The van der Waals surface area contributed by atoms with Crippen LogP contribution in [0.5, 0.6) is 5.75 Å². The van der Waals surface area contributed by atoms with Crippen LogP contribution in [0.2, 0.25) is 0 Å². The summed E-state index contributed by atoms with van der Waals surface area (Å²) in [6.45, 7) is 1.59. The highest BCUT2D eigenvalue weighted by atomic mass is 16.5. The molecule has 2 aromatic rings. The molecule has 1 unspecified atom stereocenters. The summed E-state index contributed by atoms with van der Waals surface area (Å²) in [4.78, 5) is 11.9. The van der Waals surface area contributed by atoms with Crippen LogP contribution in [-0.4, -0.2) is 37.8 Å². The van der Waals surface area contributed by atoms with E-state index in [1.54, 1.807) is 7.11 Å². The third kappa shape index (κ3) is 6.02. The van der Waals surface area contributed by atoms with Gasteiger partial charge in [0.25, 0.3) is 0 Å². The van der Waals surface area contributed by atoms with E-state index in [4.69, 9.17) is 4.74 Å². The topological polar surface area (TPSA) is 70.6 Å². The molecule has 0 spiro atoms. The summed E-state index contributed by atoms with van der Waals surface area (Å²) in [6.07, 6.45) is -0.197. The van der Waals surface area contributed by atoms with E-state index in [0.29, 0.717) is 26.1 Å². The van der Waals surface area contributed by atoms with Gasteiger partial charge in [-0.1, -0.05) is 42.5 Å². The number of nitrogens with one attached hydrogen (secondary N) is 2. The number of rotatable bonds is 9. The smallest absolute Gasteiger partial charge is 0.224 e. The highest BCUT2D eigenvalue weighted by molar-refractivity contribution is 5.78. The first-order chi connectivity index (χ1) is 11.7. The van der Waals surface area contributed by atoms with Gasteiger partial charge in [-0.15, -0.1) is 0 Å². The number of hydrogen-bond donors (Lipinski definition) is 3. The molecule has 3 N–H and O–H groups in total. The van der Waals surface area contributed by atoms with E-state index in [0.717, 1.165) is 16.9 Å². The summed E-state index contributed by atoms with van der Waals surface area (Å²) in [5.74, 6) is 0.755. The van der Waals surface area contributed by atoms with Crippen molar-refractivity contribution < 1.29 is 14.6 Å². The molecule has 0 fully saturated rings. The lowest BCUT2D eigenvalue weighted by molar-refractivity contribution is -0.120. The van der Waals surface area contributed by atoms with Gasteiger partial charge in [-0.3, -0.25) is 4.79 Å². The van der Waals surface area contributed by atoms with Gasteiger partial charge in [-0.05, 0) is 23.3 Å². The van der Waals surface area contributed by atoms with E-state index in [2.05, 4.69) is 10.6 Å². The van der Waals surface area contributed by atoms with Crippen molar-refractivity contribution in [3.8, 4) is 5.75 Å². The number of carbonyl (C=O) groups excluding carboxylic acids is 1. The maximum Gasteiger partial charge on any atom is 0.224 e. The van der Waals surface area contributed by atoms with Crippen molar-refractivity contribution in [1.29, 1.82) is 0 Å². The number of hydrogen-bond acceptors (Lipinski definition) is 4. The van der Waals surface area contributed by atoms with Crippen LogP contribution in [-0.2, 0) is 11.2 Å². The monoisotopic (exact) mass is 328 g/mol. The SMILES string of the molecule is COc1ccc(CC(=O)NCCNCC(O)c2ccccc2)cc1. The fourth-order valence-electron chi connectivity index (χ4n) is 2.31. The van der Waals surface area contributed by atoms with Gasteiger partial charge in [0.05, 0.1) is 19.6 Å².